The Morgan fingerprint density at radius 1 is 0.358 bits per heavy atom. The van der Waals surface area contributed by atoms with Crippen LogP contribution in [0.15, 0.2) is 182 Å². The molecule has 0 saturated heterocycles. The van der Waals surface area contributed by atoms with Crippen molar-refractivity contribution in [1.82, 2.24) is 28.7 Å². The van der Waals surface area contributed by atoms with Crippen LogP contribution >= 0.6 is 0 Å². The molecule has 0 unspecified atom stereocenters. The second kappa shape index (κ2) is 11.6. The fourth-order valence-corrected chi connectivity index (χ4v) is 7.94. The van der Waals surface area contributed by atoms with E-state index in [1.165, 1.54) is 0 Å². The second-order valence-corrected chi connectivity index (χ2v) is 13.3. The molecule has 0 aliphatic carbocycles. The van der Waals surface area contributed by atoms with Crippen molar-refractivity contribution in [2.75, 3.05) is 0 Å². The Balaban J connectivity index is 1.31. The van der Waals surface area contributed by atoms with Gasteiger partial charge in [0.05, 0.1) is 27.8 Å². The summed E-state index contributed by atoms with van der Waals surface area (Å²) in [6, 6.07) is 63.4. The van der Waals surface area contributed by atoms with E-state index < -0.39 is 0 Å². The van der Waals surface area contributed by atoms with Crippen molar-refractivity contribution < 1.29 is 0 Å². The van der Waals surface area contributed by atoms with E-state index in [1.807, 2.05) is 18.2 Å². The van der Waals surface area contributed by atoms with Gasteiger partial charge in [0, 0.05) is 44.0 Å². The highest BCUT2D eigenvalue weighted by Crippen LogP contribution is 2.42. The van der Waals surface area contributed by atoms with Gasteiger partial charge in [0.1, 0.15) is 11.3 Å². The van der Waals surface area contributed by atoms with Gasteiger partial charge >= 0.3 is 0 Å². The summed E-state index contributed by atoms with van der Waals surface area (Å²) in [6.07, 6.45) is 0. The Bertz CT molecular complexity index is 3140. The molecule has 0 radical (unpaired) electrons. The maximum atomic E-state index is 5.46. The van der Waals surface area contributed by atoms with Crippen molar-refractivity contribution in [2.24, 2.45) is 0 Å². The summed E-state index contributed by atoms with van der Waals surface area (Å²) in [5, 5.41) is 4.37. The predicted octanol–water partition coefficient (Wildman–Crippen LogP) is 11.3. The minimum atomic E-state index is 0.633. The first-order chi connectivity index (χ1) is 26.3. The number of para-hydroxylation sites is 4. The van der Waals surface area contributed by atoms with E-state index in [-0.39, 0.29) is 0 Å². The number of nitrogens with zero attached hydrogens (tertiary/aromatic N) is 6. The third-order valence-corrected chi connectivity index (χ3v) is 10.3. The van der Waals surface area contributed by atoms with E-state index in [0.29, 0.717) is 5.95 Å². The van der Waals surface area contributed by atoms with Crippen molar-refractivity contribution in [1.29, 1.82) is 0 Å². The van der Waals surface area contributed by atoms with Gasteiger partial charge in [-0.05, 0) is 48.5 Å². The molecule has 248 valence electrons. The van der Waals surface area contributed by atoms with Gasteiger partial charge in [-0.1, -0.05) is 133 Å². The normalized spacial score (nSPS) is 11.8. The average molecular weight is 679 g/mol. The lowest BCUT2D eigenvalue weighted by Crippen LogP contribution is -2.03. The van der Waals surface area contributed by atoms with Gasteiger partial charge in [-0.15, -0.1) is 0 Å². The lowest BCUT2D eigenvalue weighted by atomic mass is 10.1. The molecule has 0 aliphatic rings. The Labute approximate surface area is 304 Å². The van der Waals surface area contributed by atoms with Crippen LogP contribution in [0, 0.1) is 0 Å². The average Bonchev–Trinajstić information content (AvgIpc) is 3.87. The van der Waals surface area contributed by atoms with Crippen LogP contribution < -0.4 is 0 Å². The minimum Gasteiger partial charge on any atom is -0.293 e. The maximum absolute atomic E-state index is 5.46. The standard InChI is InChI=1S/C47H30N6/c1-5-17-31(18-6-1)43-36-26-13-15-27-39(36)48-47(49-43)53-40-28-16-14-25-35(40)37-29-42-38(30-41(37)53)44-46(51(42)33-21-9-3-10-22-33)50-45(32-19-7-2-8-20-32)52(44)34-23-11-4-12-24-34/h1-30H. The van der Waals surface area contributed by atoms with Crippen molar-refractivity contribution >= 4 is 54.8 Å². The van der Waals surface area contributed by atoms with Crippen LogP contribution in [0.25, 0.3) is 94.7 Å². The first kappa shape index (κ1) is 29.4. The number of hydrogen-bond donors (Lipinski definition) is 0. The summed E-state index contributed by atoms with van der Waals surface area (Å²) in [6.45, 7) is 0. The molecule has 0 bridgehead atoms. The van der Waals surface area contributed by atoms with E-state index in [0.717, 1.165) is 88.8 Å². The van der Waals surface area contributed by atoms with Crippen LogP contribution in [0.2, 0.25) is 0 Å². The van der Waals surface area contributed by atoms with E-state index in [9.17, 15) is 0 Å². The van der Waals surface area contributed by atoms with Crippen molar-refractivity contribution in [3.8, 4) is 40.0 Å². The molecule has 0 saturated carbocycles. The van der Waals surface area contributed by atoms with Crippen LogP contribution in [0.3, 0.4) is 0 Å². The highest BCUT2D eigenvalue weighted by molar-refractivity contribution is 6.18. The summed E-state index contributed by atoms with van der Waals surface area (Å²) in [7, 11) is 0. The predicted molar refractivity (Wildman–Crippen MR) is 216 cm³/mol. The SMILES string of the molecule is c1ccc(-c2nc(-n3c4ccccc4c4cc5c(cc43)c3c(nc(-c4ccccc4)n3-c3ccccc3)n5-c3ccccc3)nc3ccccc23)cc1. The molecule has 4 aromatic heterocycles. The molecule has 0 N–H and O–H groups in total. The molecular weight excluding hydrogens is 649 g/mol. The van der Waals surface area contributed by atoms with Gasteiger partial charge in [-0.25, -0.2) is 15.0 Å². The van der Waals surface area contributed by atoms with Crippen molar-refractivity contribution in [2.45, 2.75) is 0 Å². The highest BCUT2D eigenvalue weighted by Gasteiger charge is 2.25. The Hall–Kier alpha value is -7.31. The lowest BCUT2D eigenvalue weighted by molar-refractivity contribution is 1.01. The molecule has 0 aliphatic heterocycles. The van der Waals surface area contributed by atoms with Crippen LogP contribution in [0.1, 0.15) is 0 Å². The molecule has 6 nitrogen and oxygen atoms in total. The number of benzene rings is 7. The third kappa shape index (κ3) is 4.49. The summed E-state index contributed by atoms with van der Waals surface area (Å²) in [5.74, 6) is 1.52. The van der Waals surface area contributed by atoms with E-state index >= 15 is 0 Å². The summed E-state index contributed by atoms with van der Waals surface area (Å²) in [5.41, 5.74) is 11.1. The fourth-order valence-electron chi connectivity index (χ4n) is 7.94. The molecule has 0 atom stereocenters. The van der Waals surface area contributed by atoms with Crippen LogP contribution in [0.4, 0.5) is 0 Å². The largest absolute Gasteiger partial charge is 0.293 e. The minimum absolute atomic E-state index is 0.633. The quantitative estimate of drug-likeness (QED) is 0.182. The lowest BCUT2D eigenvalue weighted by Gasteiger charge is -2.12. The van der Waals surface area contributed by atoms with Gasteiger partial charge in [-0.2, -0.15) is 0 Å². The Morgan fingerprint density at radius 2 is 0.906 bits per heavy atom. The summed E-state index contributed by atoms with van der Waals surface area (Å²) < 4.78 is 6.85. The summed E-state index contributed by atoms with van der Waals surface area (Å²) in [4.78, 5) is 16.0. The smallest absolute Gasteiger partial charge is 0.235 e. The van der Waals surface area contributed by atoms with Gasteiger partial charge in [0.25, 0.3) is 0 Å². The number of rotatable bonds is 5. The maximum Gasteiger partial charge on any atom is 0.235 e. The molecule has 0 spiro atoms. The molecule has 0 fully saturated rings. The Kier molecular flexibility index (Phi) is 6.45. The molecule has 11 rings (SSSR count). The third-order valence-electron chi connectivity index (χ3n) is 10.3. The van der Waals surface area contributed by atoms with E-state index in [1.54, 1.807) is 0 Å². The van der Waals surface area contributed by atoms with E-state index in [2.05, 4.69) is 177 Å². The van der Waals surface area contributed by atoms with Gasteiger partial charge in [0.2, 0.25) is 5.95 Å². The Morgan fingerprint density at radius 3 is 1.62 bits per heavy atom. The first-order valence-corrected chi connectivity index (χ1v) is 17.8. The second-order valence-electron chi connectivity index (χ2n) is 13.3. The van der Waals surface area contributed by atoms with Gasteiger partial charge in [0.15, 0.2) is 5.65 Å². The number of hydrogen-bond acceptors (Lipinski definition) is 3. The molecule has 11 aromatic rings. The molecular formula is C47H30N6. The van der Waals surface area contributed by atoms with Gasteiger partial charge in [-0.3, -0.25) is 13.7 Å². The number of fused-ring (bicyclic) bond motifs is 7. The fraction of sp³-hybridized carbons (Fsp3) is 0. The van der Waals surface area contributed by atoms with Crippen LogP contribution in [0.5, 0.6) is 0 Å². The van der Waals surface area contributed by atoms with Crippen LogP contribution in [-0.2, 0) is 0 Å². The zero-order valence-electron chi connectivity index (χ0n) is 28.5. The first-order valence-electron chi connectivity index (χ1n) is 17.8. The molecule has 6 heteroatoms. The zero-order valence-corrected chi connectivity index (χ0v) is 28.5. The number of imidazole rings is 1. The highest BCUT2D eigenvalue weighted by atomic mass is 15.2. The van der Waals surface area contributed by atoms with Crippen LogP contribution in [-0.4, -0.2) is 28.7 Å². The zero-order chi connectivity index (χ0) is 34.9. The number of aromatic nitrogens is 6. The topological polar surface area (TPSA) is 53.5 Å². The molecule has 4 heterocycles. The van der Waals surface area contributed by atoms with E-state index in [4.69, 9.17) is 15.0 Å². The molecule has 0 amide bonds. The van der Waals surface area contributed by atoms with Crippen molar-refractivity contribution in [3.63, 3.8) is 0 Å². The molecule has 53 heavy (non-hydrogen) atoms. The summed E-state index contributed by atoms with van der Waals surface area (Å²) >= 11 is 0. The molecule has 7 aromatic carbocycles. The van der Waals surface area contributed by atoms with Gasteiger partial charge < -0.3 is 0 Å². The van der Waals surface area contributed by atoms with Crippen molar-refractivity contribution in [3.05, 3.63) is 182 Å². The monoisotopic (exact) mass is 678 g/mol.